The van der Waals surface area contributed by atoms with E-state index in [1.165, 1.54) is 12.1 Å². The van der Waals surface area contributed by atoms with Gasteiger partial charge in [0.15, 0.2) is 0 Å². The van der Waals surface area contributed by atoms with Crippen LogP contribution < -0.4 is 10.6 Å². The number of halogens is 2. The highest BCUT2D eigenvalue weighted by Crippen LogP contribution is 2.39. The van der Waals surface area contributed by atoms with Crippen LogP contribution in [0.2, 0.25) is 10.0 Å². The molecule has 2 heterocycles. The molecule has 2 aliphatic heterocycles. The van der Waals surface area contributed by atoms with Crippen molar-refractivity contribution in [1.82, 2.24) is 15.5 Å². The number of nitrogens with zero attached hydrogens (tertiary/aromatic N) is 1. The Morgan fingerprint density at radius 1 is 1.29 bits per heavy atom. The minimum absolute atomic E-state index is 0.0425. The zero-order chi connectivity index (χ0) is 17.6. The molecule has 1 aromatic rings. The number of imide groups is 1. The van der Waals surface area contributed by atoms with E-state index in [1.807, 2.05) is 0 Å². The summed E-state index contributed by atoms with van der Waals surface area (Å²) in [7, 11) is 0. The molecule has 0 saturated carbocycles. The van der Waals surface area contributed by atoms with Crippen LogP contribution >= 0.6 is 23.2 Å². The highest BCUT2D eigenvalue weighted by Gasteiger charge is 2.45. The Labute approximate surface area is 146 Å². The largest absolute Gasteiger partial charge is 0.345 e. The molecule has 0 aromatic heterocycles. The van der Waals surface area contributed by atoms with Gasteiger partial charge in [0.2, 0.25) is 5.91 Å². The maximum atomic E-state index is 12.3. The molecule has 128 valence electrons. The molecule has 1 saturated heterocycles. The molecular formula is C14H13Cl2N3O5. The lowest BCUT2D eigenvalue weighted by atomic mass is 10.1. The van der Waals surface area contributed by atoms with Gasteiger partial charge in [0.1, 0.15) is 6.04 Å². The second-order valence-electron chi connectivity index (χ2n) is 5.59. The Kier molecular flexibility index (Phi) is 4.16. The maximum Gasteiger partial charge on any atom is 0.322 e. The summed E-state index contributed by atoms with van der Waals surface area (Å²) in [5, 5.41) is 25.4. The number of carbonyl (C=O) groups is 3. The number of fused-ring (bicyclic) bond motifs is 1. The van der Waals surface area contributed by atoms with Crippen LogP contribution in [0.1, 0.15) is 24.0 Å². The van der Waals surface area contributed by atoms with Crippen LogP contribution in [0.3, 0.4) is 0 Å². The van der Waals surface area contributed by atoms with Gasteiger partial charge < -0.3 is 15.5 Å². The third kappa shape index (κ3) is 2.82. The zero-order valence-corrected chi connectivity index (χ0v) is 13.7. The SMILES string of the molecule is O=C1NC(=O)C(CCC(=O)N2Cc3cc(Cl)c(Cl)cc3C2(O)O)N1. The maximum absolute atomic E-state index is 12.3. The normalized spacial score (nSPS) is 21.5. The van der Waals surface area contributed by atoms with Crippen LogP contribution in [0.15, 0.2) is 12.1 Å². The summed E-state index contributed by atoms with van der Waals surface area (Å²) < 4.78 is 0. The molecule has 1 unspecified atom stereocenters. The average Bonchev–Trinajstić information content (AvgIpc) is 2.94. The Morgan fingerprint density at radius 3 is 2.58 bits per heavy atom. The minimum atomic E-state index is -2.51. The van der Waals surface area contributed by atoms with Crippen LogP contribution in [0.4, 0.5) is 4.79 Å². The van der Waals surface area contributed by atoms with Gasteiger partial charge in [-0.25, -0.2) is 4.79 Å². The summed E-state index contributed by atoms with van der Waals surface area (Å²) in [6, 6.07) is 1.34. The van der Waals surface area contributed by atoms with Gasteiger partial charge in [0.05, 0.1) is 16.6 Å². The molecule has 4 N–H and O–H groups in total. The minimum Gasteiger partial charge on any atom is -0.345 e. The van der Waals surface area contributed by atoms with Crippen molar-refractivity contribution in [2.24, 2.45) is 0 Å². The second-order valence-corrected chi connectivity index (χ2v) is 6.41. The fourth-order valence-corrected chi connectivity index (χ4v) is 3.13. The van der Waals surface area contributed by atoms with Gasteiger partial charge in [-0.2, -0.15) is 0 Å². The predicted molar refractivity (Wildman–Crippen MR) is 82.8 cm³/mol. The molecule has 3 rings (SSSR count). The molecule has 2 aliphatic rings. The number of urea groups is 1. The first-order valence-corrected chi connectivity index (χ1v) is 7.80. The van der Waals surface area contributed by atoms with E-state index in [9.17, 15) is 24.6 Å². The highest BCUT2D eigenvalue weighted by atomic mass is 35.5. The summed E-state index contributed by atoms with van der Waals surface area (Å²) in [5.74, 6) is -3.62. The van der Waals surface area contributed by atoms with E-state index in [0.717, 1.165) is 4.90 Å². The standard InChI is InChI=1S/C14H13Cl2N3O5/c15-8-3-6-5-19(14(23,24)7(6)4-9(8)16)11(20)2-1-10-12(21)18-13(22)17-10/h3-4,10,23-24H,1-2,5H2,(H2,17,18,21,22). The molecule has 1 atom stereocenters. The van der Waals surface area contributed by atoms with Gasteiger partial charge >= 0.3 is 6.03 Å². The summed E-state index contributed by atoms with van der Waals surface area (Å²) in [4.78, 5) is 35.7. The molecule has 0 aliphatic carbocycles. The predicted octanol–water partition coefficient (Wildman–Crippen LogP) is 0.419. The Hall–Kier alpha value is -1.87. The zero-order valence-electron chi connectivity index (χ0n) is 12.2. The van der Waals surface area contributed by atoms with Crippen LogP contribution in [0.5, 0.6) is 0 Å². The lowest BCUT2D eigenvalue weighted by Gasteiger charge is -2.29. The first-order chi connectivity index (χ1) is 11.2. The van der Waals surface area contributed by atoms with Crippen molar-refractivity contribution in [3.8, 4) is 0 Å². The fraction of sp³-hybridized carbons (Fsp3) is 0.357. The molecule has 1 aromatic carbocycles. The van der Waals surface area contributed by atoms with E-state index in [0.29, 0.717) is 5.56 Å². The van der Waals surface area contributed by atoms with E-state index in [1.54, 1.807) is 0 Å². The first-order valence-electron chi connectivity index (χ1n) is 7.05. The molecule has 10 heteroatoms. The number of carbonyl (C=O) groups excluding carboxylic acids is 3. The van der Waals surface area contributed by atoms with Gasteiger partial charge in [-0.15, -0.1) is 0 Å². The van der Waals surface area contributed by atoms with Gasteiger partial charge in [0, 0.05) is 12.0 Å². The van der Waals surface area contributed by atoms with E-state index in [-0.39, 0.29) is 35.0 Å². The topological polar surface area (TPSA) is 119 Å². The van der Waals surface area contributed by atoms with Crippen LogP contribution in [-0.4, -0.2) is 39.0 Å². The molecular weight excluding hydrogens is 361 g/mol. The summed E-state index contributed by atoms with van der Waals surface area (Å²) in [6.45, 7) is -0.0543. The summed E-state index contributed by atoms with van der Waals surface area (Å²) >= 11 is 11.8. The van der Waals surface area contributed by atoms with Crippen molar-refractivity contribution in [2.45, 2.75) is 31.3 Å². The summed E-state index contributed by atoms with van der Waals surface area (Å²) in [6.07, 6.45) is -0.114. The fourth-order valence-electron chi connectivity index (χ4n) is 2.78. The first kappa shape index (κ1) is 17.0. The Balaban J connectivity index is 1.72. The Morgan fingerprint density at radius 2 is 1.96 bits per heavy atom. The van der Waals surface area contributed by atoms with E-state index >= 15 is 0 Å². The number of hydrogen-bond acceptors (Lipinski definition) is 5. The molecule has 8 nitrogen and oxygen atoms in total. The van der Waals surface area contributed by atoms with Gasteiger partial charge in [-0.05, 0) is 24.1 Å². The number of benzene rings is 1. The van der Waals surface area contributed by atoms with Crippen molar-refractivity contribution in [1.29, 1.82) is 0 Å². The average molecular weight is 374 g/mol. The smallest absolute Gasteiger partial charge is 0.322 e. The Bertz CT molecular complexity index is 752. The van der Waals surface area contributed by atoms with Crippen molar-refractivity contribution < 1.29 is 24.6 Å². The monoisotopic (exact) mass is 373 g/mol. The number of nitrogens with one attached hydrogen (secondary N) is 2. The molecule has 24 heavy (non-hydrogen) atoms. The van der Waals surface area contributed by atoms with Crippen molar-refractivity contribution in [2.75, 3.05) is 0 Å². The molecule has 0 radical (unpaired) electrons. The molecule has 0 bridgehead atoms. The van der Waals surface area contributed by atoms with Crippen molar-refractivity contribution >= 4 is 41.0 Å². The second kappa shape index (κ2) is 5.89. The van der Waals surface area contributed by atoms with Gasteiger partial charge in [0.25, 0.3) is 11.8 Å². The molecule has 0 spiro atoms. The number of aliphatic hydroxyl groups is 2. The third-order valence-electron chi connectivity index (χ3n) is 4.02. The lowest BCUT2D eigenvalue weighted by molar-refractivity contribution is -0.260. The molecule has 4 amide bonds. The highest BCUT2D eigenvalue weighted by molar-refractivity contribution is 6.42. The quantitative estimate of drug-likeness (QED) is 0.452. The lowest BCUT2D eigenvalue weighted by Crippen LogP contribution is -2.45. The van der Waals surface area contributed by atoms with Crippen LogP contribution in [0.25, 0.3) is 0 Å². The molecule has 1 fully saturated rings. The van der Waals surface area contributed by atoms with Crippen molar-refractivity contribution in [3.05, 3.63) is 33.3 Å². The van der Waals surface area contributed by atoms with E-state index in [4.69, 9.17) is 23.2 Å². The van der Waals surface area contributed by atoms with E-state index in [2.05, 4.69) is 10.6 Å². The van der Waals surface area contributed by atoms with Gasteiger partial charge in [-0.1, -0.05) is 23.2 Å². The van der Waals surface area contributed by atoms with Gasteiger partial charge in [-0.3, -0.25) is 19.8 Å². The van der Waals surface area contributed by atoms with E-state index < -0.39 is 29.8 Å². The summed E-state index contributed by atoms with van der Waals surface area (Å²) in [5.41, 5.74) is 0.548. The third-order valence-corrected chi connectivity index (χ3v) is 4.74. The van der Waals surface area contributed by atoms with Crippen LogP contribution in [-0.2, 0) is 22.0 Å². The van der Waals surface area contributed by atoms with Crippen molar-refractivity contribution in [3.63, 3.8) is 0 Å². The number of amides is 4. The number of hydrogen-bond donors (Lipinski definition) is 4. The number of rotatable bonds is 3. The van der Waals surface area contributed by atoms with Crippen LogP contribution in [0, 0.1) is 0 Å².